The third-order valence-corrected chi connectivity index (χ3v) is 7.87. The maximum atomic E-state index is 12.6. The predicted octanol–water partition coefficient (Wildman–Crippen LogP) is 3.02. The average Bonchev–Trinajstić information content (AvgIpc) is 2.38. The van der Waals surface area contributed by atoms with Crippen molar-refractivity contribution >= 4 is 25.8 Å². The van der Waals surface area contributed by atoms with Crippen LogP contribution in [0.1, 0.15) is 19.3 Å². The minimum absolute atomic E-state index is 0.150. The molecule has 2 aliphatic carbocycles. The predicted molar refractivity (Wildman–Crippen MR) is 71.0 cm³/mol. The second-order valence-corrected chi connectivity index (χ2v) is 8.19. The van der Waals surface area contributed by atoms with Gasteiger partial charge in [-0.3, -0.25) is 0 Å². The molecule has 2 bridgehead atoms. The molecule has 0 aromatic heterocycles. The summed E-state index contributed by atoms with van der Waals surface area (Å²) in [5.74, 6) is 0.637. The molecule has 1 aromatic rings. The second kappa shape index (κ2) is 4.09. The molecule has 3 rings (SSSR count). The Morgan fingerprint density at radius 1 is 1.06 bits per heavy atom. The Bertz CT molecular complexity index is 499. The van der Waals surface area contributed by atoms with Crippen molar-refractivity contribution in [2.45, 2.75) is 34.2 Å². The quantitative estimate of drug-likeness (QED) is 0.786. The van der Waals surface area contributed by atoms with Crippen molar-refractivity contribution < 1.29 is 8.42 Å². The fraction of sp³-hybridized carbons (Fsp3) is 0.538. The van der Waals surface area contributed by atoms with Crippen LogP contribution >= 0.6 is 15.9 Å². The number of hydrogen-bond acceptors (Lipinski definition) is 2. The largest absolute Gasteiger partial charge is 0.223 e. The lowest BCUT2D eigenvalue weighted by molar-refractivity contribution is 0.138. The Hall–Kier alpha value is -0.350. The number of hydrogen-bond donors (Lipinski definition) is 0. The van der Waals surface area contributed by atoms with Crippen molar-refractivity contribution in [1.82, 2.24) is 0 Å². The molecule has 0 spiro atoms. The summed E-state index contributed by atoms with van der Waals surface area (Å²) in [5.41, 5.74) is 0. The van der Waals surface area contributed by atoms with Crippen LogP contribution in [0.3, 0.4) is 0 Å². The van der Waals surface area contributed by atoms with Crippen LogP contribution in [-0.4, -0.2) is 18.5 Å². The summed E-state index contributed by atoms with van der Waals surface area (Å²) < 4.78 is 25.1. The number of benzene rings is 1. The maximum absolute atomic E-state index is 12.6. The van der Waals surface area contributed by atoms with Gasteiger partial charge in [0.1, 0.15) is 0 Å². The van der Waals surface area contributed by atoms with Gasteiger partial charge in [-0.15, -0.1) is 0 Å². The molecule has 0 N–H and O–H groups in total. The molecule has 0 radical (unpaired) electrons. The van der Waals surface area contributed by atoms with Gasteiger partial charge in [-0.05, 0) is 36.8 Å². The van der Waals surface area contributed by atoms with E-state index >= 15 is 0 Å². The number of rotatable bonds is 2. The van der Waals surface area contributed by atoms with Crippen molar-refractivity contribution in [2.24, 2.45) is 11.8 Å². The van der Waals surface area contributed by atoms with E-state index in [0.717, 1.165) is 12.8 Å². The third-order valence-electron chi connectivity index (χ3n) is 4.17. The van der Waals surface area contributed by atoms with Crippen molar-refractivity contribution in [3.63, 3.8) is 0 Å². The number of halogens is 1. The minimum Gasteiger partial charge on any atom is -0.223 e. The van der Waals surface area contributed by atoms with E-state index in [1.807, 2.05) is 6.07 Å². The molecule has 1 aromatic carbocycles. The summed E-state index contributed by atoms with van der Waals surface area (Å²) in [7, 11) is -3.12. The molecule has 0 heterocycles. The Balaban J connectivity index is 1.96. The molecule has 2 nitrogen and oxygen atoms in total. The summed E-state index contributed by atoms with van der Waals surface area (Å²) in [6.45, 7) is 0. The van der Waals surface area contributed by atoms with E-state index in [-0.39, 0.29) is 5.25 Å². The van der Waals surface area contributed by atoms with Crippen LogP contribution < -0.4 is 0 Å². The summed E-state index contributed by atoms with van der Waals surface area (Å²) in [6, 6.07) is 8.88. The normalized spacial score (nSPS) is 36.3. The lowest BCUT2D eigenvalue weighted by atomic mass is 9.64. The highest BCUT2D eigenvalue weighted by Gasteiger charge is 2.57. The first kappa shape index (κ1) is 11.7. The zero-order chi connectivity index (χ0) is 12.0. The summed E-state index contributed by atoms with van der Waals surface area (Å²) in [4.78, 5) is 0.904. The van der Waals surface area contributed by atoms with Gasteiger partial charge in [-0.1, -0.05) is 40.5 Å². The Labute approximate surface area is 110 Å². The van der Waals surface area contributed by atoms with E-state index in [9.17, 15) is 8.42 Å². The van der Waals surface area contributed by atoms with Crippen LogP contribution in [0.15, 0.2) is 35.2 Å². The van der Waals surface area contributed by atoms with Gasteiger partial charge in [0.05, 0.1) is 10.1 Å². The van der Waals surface area contributed by atoms with Crippen molar-refractivity contribution in [3.05, 3.63) is 30.3 Å². The standard InChI is InChI=1S/C13H15BrO2S/c14-12-10-7-4-8-11(12)13(10)17(15,16)9-5-2-1-3-6-9/h1-3,5-6,10-13H,4,7-8H2. The van der Waals surface area contributed by atoms with Gasteiger partial charge in [-0.25, -0.2) is 8.42 Å². The first-order chi connectivity index (χ1) is 8.12. The van der Waals surface area contributed by atoms with E-state index in [1.54, 1.807) is 24.3 Å². The zero-order valence-corrected chi connectivity index (χ0v) is 11.8. The first-order valence-electron chi connectivity index (χ1n) is 6.05. The molecule has 0 saturated heterocycles. The van der Waals surface area contributed by atoms with Crippen LogP contribution in [0.2, 0.25) is 0 Å². The molecule has 17 heavy (non-hydrogen) atoms. The number of fused-ring (bicyclic) bond motifs is 2. The van der Waals surface area contributed by atoms with Crippen molar-refractivity contribution in [1.29, 1.82) is 0 Å². The van der Waals surface area contributed by atoms with Gasteiger partial charge >= 0.3 is 0 Å². The molecular weight excluding hydrogens is 300 g/mol. The Kier molecular flexibility index (Phi) is 2.82. The van der Waals surface area contributed by atoms with Crippen LogP contribution in [0, 0.1) is 11.8 Å². The van der Waals surface area contributed by atoms with Gasteiger partial charge < -0.3 is 0 Å². The second-order valence-electron chi connectivity index (χ2n) is 5.03. The topological polar surface area (TPSA) is 34.1 Å². The van der Waals surface area contributed by atoms with E-state index in [4.69, 9.17) is 0 Å². The van der Waals surface area contributed by atoms with Gasteiger partial charge in [0, 0.05) is 4.83 Å². The minimum atomic E-state index is -3.12. The fourth-order valence-electron chi connectivity index (χ4n) is 3.32. The number of alkyl halides is 1. The highest BCUT2D eigenvalue weighted by atomic mass is 79.9. The lowest BCUT2D eigenvalue weighted by Gasteiger charge is -2.53. The molecular formula is C13H15BrO2S. The smallest absolute Gasteiger partial charge is 0.181 e. The molecule has 2 aliphatic rings. The van der Waals surface area contributed by atoms with Crippen LogP contribution in [0.25, 0.3) is 0 Å². The molecule has 2 fully saturated rings. The Morgan fingerprint density at radius 2 is 1.65 bits per heavy atom. The summed E-state index contributed by atoms with van der Waals surface area (Å²) in [5, 5.41) is -0.150. The fourth-order valence-corrected chi connectivity index (χ4v) is 7.29. The van der Waals surface area contributed by atoms with Crippen molar-refractivity contribution in [2.75, 3.05) is 0 Å². The Morgan fingerprint density at radius 3 is 2.18 bits per heavy atom. The molecule has 2 saturated carbocycles. The van der Waals surface area contributed by atoms with Gasteiger partial charge in [-0.2, -0.15) is 0 Å². The van der Waals surface area contributed by atoms with Gasteiger partial charge in [0.25, 0.3) is 0 Å². The monoisotopic (exact) mass is 314 g/mol. The molecule has 2 unspecified atom stereocenters. The highest BCUT2D eigenvalue weighted by Crippen LogP contribution is 2.54. The van der Waals surface area contributed by atoms with Crippen LogP contribution in [0.4, 0.5) is 0 Å². The summed E-state index contributed by atoms with van der Waals surface area (Å²) in [6.07, 6.45) is 3.27. The first-order valence-corrected chi connectivity index (χ1v) is 8.51. The van der Waals surface area contributed by atoms with E-state index in [1.165, 1.54) is 6.42 Å². The van der Waals surface area contributed by atoms with Crippen LogP contribution in [0.5, 0.6) is 0 Å². The molecule has 0 aliphatic heterocycles. The van der Waals surface area contributed by atoms with Crippen molar-refractivity contribution in [3.8, 4) is 0 Å². The zero-order valence-electron chi connectivity index (χ0n) is 9.42. The lowest BCUT2D eigenvalue weighted by Crippen LogP contribution is -2.58. The summed E-state index contributed by atoms with van der Waals surface area (Å²) >= 11 is 3.64. The van der Waals surface area contributed by atoms with Gasteiger partial charge in [0.15, 0.2) is 9.84 Å². The SMILES string of the molecule is O=S(=O)(c1ccccc1)C1C2CCCC1C2Br. The van der Waals surface area contributed by atoms with E-state index in [0.29, 0.717) is 21.6 Å². The van der Waals surface area contributed by atoms with Crippen LogP contribution in [-0.2, 0) is 9.84 Å². The molecule has 2 atom stereocenters. The average molecular weight is 315 g/mol. The van der Waals surface area contributed by atoms with E-state index < -0.39 is 9.84 Å². The number of sulfone groups is 1. The molecule has 92 valence electrons. The highest BCUT2D eigenvalue weighted by molar-refractivity contribution is 9.09. The molecule has 0 amide bonds. The molecule has 4 heteroatoms. The third kappa shape index (κ3) is 1.68. The van der Waals surface area contributed by atoms with Gasteiger partial charge in [0.2, 0.25) is 0 Å². The maximum Gasteiger partial charge on any atom is 0.181 e. The van der Waals surface area contributed by atoms with E-state index in [2.05, 4.69) is 15.9 Å².